The molecule has 0 saturated carbocycles. The van der Waals surface area contributed by atoms with Crippen LogP contribution in [0.25, 0.3) is 97.9 Å². The lowest BCUT2D eigenvalue weighted by atomic mass is 9.98. The number of nitrogens with zero attached hydrogens (tertiary/aromatic N) is 2. The maximum atomic E-state index is 6.64. The van der Waals surface area contributed by atoms with Crippen molar-refractivity contribution in [1.82, 2.24) is 9.97 Å². The molecule has 0 spiro atoms. The Hall–Kier alpha value is -6.10. The van der Waals surface area contributed by atoms with E-state index in [1.165, 1.54) is 15.8 Å². The maximum Gasteiger partial charge on any atom is 0.161 e. The zero-order valence-corrected chi connectivity index (χ0v) is 26.5. The summed E-state index contributed by atoms with van der Waals surface area (Å²) in [6.45, 7) is 0. The summed E-state index contributed by atoms with van der Waals surface area (Å²) < 4.78 is 8.94. The van der Waals surface area contributed by atoms with E-state index >= 15 is 0 Å². The van der Waals surface area contributed by atoms with Gasteiger partial charge >= 0.3 is 0 Å². The Bertz CT molecular complexity index is 2830. The molecule has 0 amide bonds. The van der Waals surface area contributed by atoms with E-state index in [9.17, 15) is 0 Å². The number of aromatic nitrogens is 2. The second-order valence-corrected chi connectivity index (χ2v) is 13.2. The Morgan fingerprint density at radius 1 is 0.438 bits per heavy atom. The highest BCUT2D eigenvalue weighted by atomic mass is 32.1. The van der Waals surface area contributed by atoms with Crippen LogP contribution in [0.15, 0.2) is 162 Å². The minimum absolute atomic E-state index is 0.708. The summed E-state index contributed by atoms with van der Waals surface area (Å²) in [6.07, 6.45) is 0. The van der Waals surface area contributed by atoms with Gasteiger partial charge in [-0.1, -0.05) is 127 Å². The predicted octanol–water partition coefficient (Wildman–Crippen LogP) is 12.6. The van der Waals surface area contributed by atoms with Crippen LogP contribution in [0.1, 0.15) is 0 Å². The molecule has 3 aromatic heterocycles. The number of rotatable bonds is 4. The van der Waals surface area contributed by atoms with E-state index in [1.54, 1.807) is 11.3 Å². The summed E-state index contributed by atoms with van der Waals surface area (Å²) >= 11 is 1.76. The van der Waals surface area contributed by atoms with Crippen LogP contribution in [0.2, 0.25) is 0 Å². The quantitative estimate of drug-likeness (QED) is 0.194. The highest BCUT2D eigenvalue weighted by Crippen LogP contribution is 2.43. The summed E-state index contributed by atoms with van der Waals surface area (Å²) in [4.78, 5) is 10.8. The predicted molar refractivity (Wildman–Crippen MR) is 201 cm³/mol. The van der Waals surface area contributed by atoms with E-state index in [4.69, 9.17) is 14.4 Å². The molecule has 3 heterocycles. The molecular weight excluding hydrogens is 605 g/mol. The number of furan rings is 1. The lowest BCUT2D eigenvalue weighted by Crippen LogP contribution is -1.95. The summed E-state index contributed by atoms with van der Waals surface area (Å²) in [7, 11) is 0. The SMILES string of the molecule is c1ccc(-c2cccc(-c3nc(-c4cc5c6ccc(-c7ccccc7)cc6oc5c5ccccc45)nc4c3sc3ccccc34)c2)cc1. The van der Waals surface area contributed by atoms with Crippen molar-refractivity contribution in [3.05, 3.63) is 158 Å². The zero-order valence-electron chi connectivity index (χ0n) is 25.7. The molecule has 0 bridgehead atoms. The molecule has 3 nitrogen and oxygen atoms in total. The molecule has 10 aromatic rings. The average Bonchev–Trinajstić information content (AvgIpc) is 3.73. The van der Waals surface area contributed by atoms with E-state index in [-0.39, 0.29) is 0 Å². The first kappa shape index (κ1) is 27.1. The van der Waals surface area contributed by atoms with Crippen molar-refractivity contribution in [3.63, 3.8) is 0 Å². The minimum Gasteiger partial charge on any atom is -0.455 e. The molecular formula is C44H26N2OS. The zero-order chi connectivity index (χ0) is 31.6. The highest BCUT2D eigenvalue weighted by molar-refractivity contribution is 7.26. The molecule has 0 unspecified atom stereocenters. The van der Waals surface area contributed by atoms with Gasteiger partial charge in [0.25, 0.3) is 0 Å². The van der Waals surface area contributed by atoms with Gasteiger partial charge in [-0.15, -0.1) is 11.3 Å². The van der Waals surface area contributed by atoms with E-state index in [0.29, 0.717) is 5.82 Å². The Balaban J connectivity index is 1.25. The molecule has 0 atom stereocenters. The summed E-state index contributed by atoms with van der Waals surface area (Å²) in [5.74, 6) is 0.708. The molecule has 224 valence electrons. The van der Waals surface area contributed by atoms with Gasteiger partial charge in [0.1, 0.15) is 11.2 Å². The van der Waals surface area contributed by atoms with Crippen molar-refractivity contribution < 1.29 is 4.42 Å². The summed E-state index contributed by atoms with van der Waals surface area (Å²) in [6, 6.07) is 55.4. The molecule has 0 aliphatic rings. The Labute approximate surface area is 280 Å². The van der Waals surface area contributed by atoms with Gasteiger partial charge in [0.2, 0.25) is 0 Å². The highest BCUT2D eigenvalue weighted by Gasteiger charge is 2.21. The van der Waals surface area contributed by atoms with Gasteiger partial charge in [-0.3, -0.25) is 0 Å². The largest absolute Gasteiger partial charge is 0.455 e. The molecule has 0 saturated heterocycles. The number of fused-ring (bicyclic) bond motifs is 8. The van der Waals surface area contributed by atoms with Crippen LogP contribution in [0.5, 0.6) is 0 Å². The van der Waals surface area contributed by atoms with E-state index in [0.717, 1.165) is 76.3 Å². The van der Waals surface area contributed by atoms with Crippen LogP contribution in [-0.4, -0.2) is 9.97 Å². The number of benzene rings is 7. The smallest absolute Gasteiger partial charge is 0.161 e. The standard InChI is InChI=1S/C44H26N2OS/c1-3-12-27(13-4-1)29-16-11-17-31(24-29)40-43-41(35-20-9-10-21-39(35)48-43)46-44(45-40)37-26-36-33-23-22-30(28-14-5-2-6-15-28)25-38(33)47-42(36)34-19-8-7-18-32(34)37/h1-26H. The van der Waals surface area contributed by atoms with Crippen LogP contribution >= 0.6 is 11.3 Å². The second-order valence-electron chi connectivity index (χ2n) is 12.1. The summed E-state index contributed by atoms with van der Waals surface area (Å²) in [5.41, 5.74) is 10.4. The monoisotopic (exact) mass is 630 g/mol. The lowest BCUT2D eigenvalue weighted by molar-refractivity contribution is 0.673. The molecule has 0 radical (unpaired) electrons. The third-order valence-electron chi connectivity index (χ3n) is 9.29. The van der Waals surface area contributed by atoms with Gasteiger partial charge in [-0.05, 0) is 58.0 Å². The Morgan fingerprint density at radius 2 is 1.08 bits per heavy atom. The number of hydrogen-bond donors (Lipinski definition) is 0. The number of thiophene rings is 1. The van der Waals surface area contributed by atoms with Crippen LogP contribution in [-0.2, 0) is 0 Å². The molecule has 7 aromatic carbocycles. The number of hydrogen-bond acceptors (Lipinski definition) is 4. The first-order valence-electron chi connectivity index (χ1n) is 16.1. The van der Waals surface area contributed by atoms with Crippen molar-refractivity contribution in [2.75, 3.05) is 0 Å². The van der Waals surface area contributed by atoms with Crippen molar-refractivity contribution in [1.29, 1.82) is 0 Å². The molecule has 48 heavy (non-hydrogen) atoms. The molecule has 0 aliphatic carbocycles. The van der Waals surface area contributed by atoms with E-state index < -0.39 is 0 Å². The first-order valence-corrected chi connectivity index (χ1v) is 16.9. The normalized spacial score (nSPS) is 11.8. The maximum absolute atomic E-state index is 6.64. The van der Waals surface area contributed by atoms with Crippen LogP contribution in [0.3, 0.4) is 0 Å². The van der Waals surface area contributed by atoms with Crippen LogP contribution < -0.4 is 0 Å². The lowest BCUT2D eigenvalue weighted by Gasteiger charge is -2.11. The van der Waals surface area contributed by atoms with Crippen molar-refractivity contribution in [3.8, 4) is 44.9 Å². The molecule has 10 rings (SSSR count). The van der Waals surface area contributed by atoms with Gasteiger partial charge in [0.15, 0.2) is 5.82 Å². The van der Waals surface area contributed by atoms with Crippen molar-refractivity contribution in [2.45, 2.75) is 0 Å². The third-order valence-corrected chi connectivity index (χ3v) is 10.5. The fourth-order valence-electron chi connectivity index (χ4n) is 6.98. The van der Waals surface area contributed by atoms with Crippen molar-refractivity contribution in [2.24, 2.45) is 0 Å². The first-order chi connectivity index (χ1) is 23.8. The van der Waals surface area contributed by atoms with Crippen molar-refractivity contribution >= 4 is 64.4 Å². The van der Waals surface area contributed by atoms with Crippen LogP contribution in [0.4, 0.5) is 0 Å². The Morgan fingerprint density at radius 3 is 1.88 bits per heavy atom. The molecule has 4 heteroatoms. The van der Waals surface area contributed by atoms with E-state index in [2.05, 4.69) is 152 Å². The van der Waals surface area contributed by atoms with Gasteiger partial charge in [-0.25, -0.2) is 9.97 Å². The molecule has 0 fully saturated rings. The second kappa shape index (κ2) is 10.7. The van der Waals surface area contributed by atoms with Gasteiger partial charge in [-0.2, -0.15) is 0 Å². The average molecular weight is 631 g/mol. The fraction of sp³-hybridized carbons (Fsp3) is 0. The third kappa shape index (κ3) is 4.27. The van der Waals surface area contributed by atoms with Gasteiger partial charge in [0.05, 0.1) is 15.9 Å². The Kier molecular flexibility index (Phi) is 6.05. The topological polar surface area (TPSA) is 38.9 Å². The van der Waals surface area contributed by atoms with Crippen LogP contribution in [0, 0.1) is 0 Å². The molecule has 0 N–H and O–H groups in total. The van der Waals surface area contributed by atoms with Gasteiger partial charge in [0, 0.05) is 37.4 Å². The summed E-state index contributed by atoms with van der Waals surface area (Å²) in [5, 5.41) is 5.40. The van der Waals surface area contributed by atoms with Gasteiger partial charge < -0.3 is 4.42 Å². The molecule has 0 aliphatic heterocycles. The fourth-order valence-corrected chi connectivity index (χ4v) is 8.13. The minimum atomic E-state index is 0.708. The van der Waals surface area contributed by atoms with E-state index in [1.807, 2.05) is 6.07 Å².